The molecule has 0 unspecified atom stereocenters. The number of likely N-dealkylation sites (N-methyl/N-ethyl adjacent to an activating group) is 1. The molecule has 1 aromatic rings. The summed E-state index contributed by atoms with van der Waals surface area (Å²) in [6.45, 7) is 5.90. The van der Waals surface area contributed by atoms with Crippen molar-refractivity contribution in [3.05, 3.63) is 23.8 Å². The van der Waals surface area contributed by atoms with Crippen molar-refractivity contribution in [1.29, 1.82) is 0 Å². The first-order chi connectivity index (χ1) is 12.4. The molecular formula is C17H28N3O5S+. The molecule has 0 bridgehead atoms. The minimum Gasteiger partial charge on any atom is -0.493 e. The van der Waals surface area contributed by atoms with E-state index in [1.807, 2.05) is 0 Å². The van der Waals surface area contributed by atoms with Crippen molar-refractivity contribution in [3.63, 3.8) is 0 Å². The van der Waals surface area contributed by atoms with E-state index in [0.29, 0.717) is 30.2 Å². The maximum atomic E-state index is 12.4. The molecule has 1 saturated heterocycles. The Kier molecular flexibility index (Phi) is 7.24. The number of nitrogens with zero attached hydrogens (tertiary/aromatic N) is 1. The van der Waals surface area contributed by atoms with Gasteiger partial charge < -0.3 is 19.7 Å². The smallest absolute Gasteiger partial charge is 0.251 e. The molecule has 0 spiro atoms. The molecule has 1 aromatic carbocycles. The zero-order valence-electron chi connectivity index (χ0n) is 15.6. The Morgan fingerprint density at radius 1 is 1.19 bits per heavy atom. The number of carbonyl (C=O) groups is 1. The number of hydrogen-bond acceptors (Lipinski definition) is 5. The third kappa shape index (κ3) is 5.09. The first-order valence-electron chi connectivity index (χ1n) is 8.73. The van der Waals surface area contributed by atoms with Crippen LogP contribution in [0.15, 0.2) is 18.2 Å². The van der Waals surface area contributed by atoms with Crippen molar-refractivity contribution in [1.82, 2.24) is 9.62 Å². The number of ether oxygens (including phenoxy) is 2. The Morgan fingerprint density at radius 2 is 1.85 bits per heavy atom. The van der Waals surface area contributed by atoms with E-state index in [1.54, 1.807) is 18.2 Å². The molecule has 1 aliphatic heterocycles. The lowest BCUT2D eigenvalue weighted by Crippen LogP contribution is -3.14. The van der Waals surface area contributed by atoms with Crippen LogP contribution in [0.4, 0.5) is 0 Å². The molecule has 0 aromatic heterocycles. The van der Waals surface area contributed by atoms with Crippen LogP contribution in [0.5, 0.6) is 11.5 Å². The fourth-order valence-corrected chi connectivity index (χ4v) is 4.29. The minimum atomic E-state index is -3.36. The van der Waals surface area contributed by atoms with Crippen molar-refractivity contribution in [2.24, 2.45) is 0 Å². The molecule has 0 saturated carbocycles. The van der Waals surface area contributed by atoms with Crippen LogP contribution in [0.25, 0.3) is 0 Å². The number of amides is 1. The molecule has 146 valence electrons. The lowest BCUT2D eigenvalue weighted by atomic mass is 10.2. The summed E-state index contributed by atoms with van der Waals surface area (Å²) in [6, 6.07) is 4.81. The summed E-state index contributed by atoms with van der Waals surface area (Å²) in [6.07, 6.45) is 0. The predicted octanol–water partition coefficient (Wildman–Crippen LogP) is -1.02. The fourth-order valence-electron chi connectivity index (χ4n) is 2.94. The topological polar surface area (TPSA) is 89.4 Å². The number of sulfonamides is 1. The van der Waals surface area contributed by atoms with Crippen LogP contribution in [0.2, 0.25) is 0 Å². The zero-order valence-corrected chi connectivity index (χ0v) is 16.4. The van der Waals surface area contributed by atoms with E-state index in [1.165, 1.54) is 23.4 Å². The summed E-state index contributed by atoms with van der Waals surface area (Å²) in [5.41, 5.74) is 0.389. The number of methoxy groups -OCH3 is 2. The monoisotopic (exact) mass is 386 g/mol. The second kappa shape index (κ2) is 9.20. The van der Waals surface area contributed by atoms with Crippen molar-refractivity contribution in [2.75, 3.05) is 59.2 Å². The number of carbonyl (C=O) groups excluding carboxylic acids is 1. The van der Waals surface area contributed by atoms with Crippen LogP contribution in [0.1, 0.15) is 17.3 Å². The quantitative estimate of drug-likeness (QED) is 0.597. The minimum absolute atomic E-state index is 0.0658. The molecule has 8 nitrogen and oxygen atoms in total. The normalized spacial score (nSPS) is 16.3. The SMILES string of the molecule is CC[NH+]1CCN(S(=O)(=O)CCNC(=O)c2ccc(OC)c(OC)c2)CC1. The second-order valence-corrected chi connectivity index (χ2v) is 8.23. The van der Waals surface area contributed by atoms with Gasteiger partial charge >= 0.3 is 0 Å². The zero-order chi connectivity index (χ0) is 19.2. The van der Waals surface area contributed by atoms with Gasteiger partial charge in [-0.1, -0.05) is 0 Å². The molecule has 0 radical (unpaired) electrons. The Morgan fingerprint density at radius 3 is 2.42 bits per heavy atom. The summed E-state index contributed by atoms with van der Waals surface area (Å²) in [4.78, 5) is 13.7. The van der Waals surface area contributed by atoms with Crippen LogP contribution in [0.3, 0.4) is 0 Å². The number of nitrogens with one attached hydrogen (secondary N) is 2. The summed E-state index contributed by atoms with van der Waals surface area (Å²) < 4.78 is 36.7. The molecule has 0 atom stereocenters. The van der Waals surface area contributed by atoms with Crippen LogP contribution >= 0.6 is 0 Å². The summed E-state index contributed by atoms with van der Waals surface area (Å²) in [7, 11) is -0.345. The molecule has 1 aliphatic rings. The molecule has 2 rings (SSSR count). The second-order valence-electron chi connectivity index (χ2n) is 6.14. The van der Waals surface area contributed by atoms with Gasteiger partial charge in [-0.05, 0) is 25.1 Å². The molecule has 0 aliphatic carbocycles. The van der Waals surface area contributed by atoms with Gasteiger partial charge in [0.25, 0.3) is 5.91 Å². The van der Waals surface area contributed by atoms with Gasteiger partial charge in [0.2, 0.25) is 10.0 Å². The highest BCUT2D eigenvalue weighted by molar-refractivity contribution is 7.89. The average Bonchev–Trinajstić information content (AvgIpc) is 2.67. The predicted molar refractivity (Wildman–Crippen MR) is 98.5 cm³/mol. The molecule has 9 heteroatoms. The molecule has 1 fully saturated rings. The lowest BCUT2D eigenvalue weighted by molar-refractivity contribution is -0.901. The first kappa shape index (κ1) is 20.5. The summed E-state index contributed by atoms with van der Waals surface area (Å²) in [5, 5.41) is 2.66. The van der Waals surface area contributed by atoms with Crippen LogP contribution in [-0.2, 0) is 10.0 Å². The number of benzene rings is 1. The molecule has 1 amide bonds. The van der Waals surface area contributed by atoms with Crippen LogP contribution in [0, 0.1) is 0 Å². The van der Waals surface area contributed by atoms with E-state index in [-0.39, 0.29) is 18.2 Å². The van der Waals surface area contributed by atoms with Crippen molar-refractivity contribution in [2.45, 2.75) is 6.92 Å². The van der Waals surface area contributed by atoms with Crippen molar-refractivity contribution < 1.29 is 27.6 Å². The van der Waals surface area contributed by atoms with E-state index in [4.69, 9.17) is 9.47 Å². The summed E-state index contributed by atoms with van der Waals surface area (Å²) >= 11 is 0. The number of piperazine rings is 1. The molecule has 26 heavy (non-hydrogen) atoms. The Labute approximate surface area is 155 Å². The van der Waals surface area contributed by atoms with E-state index in [0.717, 1.165) is 19.6 Å². The Bertz CT molecular complexity index is 715. The largest absolute Gasteiger partial charge is 0.493 e. The maximum Gasteiger partial charge on any atom is 0.251 e. The van der Waals surface area contributed by atoms with Gasteiger partial charge in [-0.3, -0.25) is 4.79 Å². The maximum absolute atomic E-state index is 12.4. The number of quaternary nitrogens is 1. The van der Waals surface area contributed by atoms with Gasteiger partial charge in [0, 0.05) is 12.1 Å². The standard InChI is InChI=1S/C17H27N3O5S/c1-4-19-8-10-20(11-9-19)26(22,23)12-7-18-17(21)14-5-6-15(24-2)16(13-14)25-3/h5-6,13H,4,7-12H2,1-3H3,(H,18,21)/p+1. The highest BCUT2D eigenvalue weighted by Gasteiger charge is 2.28. The van der Waals surface area contributed by atoms with Crippen LogP contribution in [-0.4, -0.2) is 77.9 Å². The average molecular weight is 386 g/mol. The molecular weight excluding hydrogens is 358 g/mol. The Balaban J connectivity index is 1.88. The van der Waals surface area contributed by atoms with E-state index < -0.39 is 10.0 Å². The van der Waals surface area contributed by atoms with Crippen molar-refractivity contribution in [3.8, 4) is 11.5 Å². The first-order valence-corrected chi connectivity index (χ1v) is 10.3. The lowest BCUT2D eigenvalue weighted by Gasteiger charge is -2.30. The number of rotatable bonds is 8. The van der Waals surface area contributed by atoms with E-state index >= 15 is 0 Å². The molecule has 2 N–H and O–H groups in total. The van der Waals surface area contributed by atoms with Gasteiger partial charge in [-0.15, -0.1) is 0 Å². The van der Waals surface area contributed by atoms with Gasteiger partial charge in [0.1, 0.15) is 0 Å². The van der Waals surface area contributed by atoms with Gasteiger partial charge in [0.05, 0.1) is 52.7 Å². The third-order valence-electron chi connectivity index (χ3n) is 4.61. The van der Waals surface area contributed by atoms with E-state index in [2.05, 4.69) is 12.2 Å². The van der Waals surface area contributed by atoms with E-state index in [9.17, 15) is 13.2 Å². The van der Waals surface area contributed by atoms with Gasteiger partial charge in [0.15, 0.2) is 11.5 Å². The molecule has 1 heterocycles. The highest BCUT2D eigenvalue weighted by atomic mass is 32.2. The van der Waals surface area contributed by atoms with Crippen molar-refractivity contribution >= 4 is 15.9 Å². The highest BCUT2D eigenvalue weighted by Crippen LogP contribution is 2.27. The fraction of sp³-hybridized carbons (Fsp3) is 0.588. The van der Waals surface area contributed by atoms with Crippen LogP contribution < -0.4 is 19.7 Å². The Hall–Kier alpha value is -1.84. The third-order valence-corrected chi connectivity index (χ3v) is 6.49. The van der Waals surface area contributed by atoms with Gasteiger partial charge in [-0.2, -0.15) is 4.31 Å². The number of hydrogen-bond donors (Lipinski definition) is 2. The van der Waals surface area contributed by atoms with Gasteiger partial charge in [-0.25, -0.2) is 8.42 Å². The summed E-state index contributed by atoms with van der Waals surface area (Å²) in [5.74, 6) is 0.526.